The van der Waals surface area contributed by atoms with Crippen LogP contribution in [0.1, 0.15) is 25.3 Å². The molecule has 1 aromatic carbocycles. The number of benzene rings is 1. The van der Waals surface area contributed by atoms with Crippen molar-refractivity contribution in [3.8, 4) is 0 Å². The SMILES string of the molecule is CCc1ccc(N(C)C(=O)NC(=O)CCC(=O)O)cc1. The van der Waals surface area contributed by atoms with Crippen LogP contribution >= 0.6 is 0 Å². The third-order valence-electron chi connectivity index (χ3n) is 2.85. The summed E-state index contributed by atoms with van der Waals surface area (Å²) >= 11 is 0. The Balaban J connectivity index is 2.57. The van der Waals surface area contributed by atoms with E-state index in [-0.39, 0.29) is 12.8 Å². The Bertz CT molecular complexity index is 496. The fraction of sp³-hybridized carbons (Fsp3) is 0.357. The standard InChI is InChI=1S/C14H18N2O4/c1-3-10-4-6-11(7-5-10)16(2)14(20)15-12(17)8-9-13(18)19/h4-7H,3,8-9H2,1-2H3,(H,18,19)(H,15,17,20). The second-order valence-corrected chi connectivity index (χ2v) is 4.33. The van der Waals surface area contributed by atoms with Gasteiger partial charge in [-0.25, -0.2) is 4.79 Å². The number of carboxylic acid groups (broad SMARTS) is 1. The van der Waals surface area contributed by atoms with Crippen LogP contribution in [0.25, 0.3) is 0 Å². The molecule has 1 rings (SSSR count). The van der Waals surface area contributed by atoms with Gasteiger partial charge in [-0.3, -0.25) is 19.8 Å². The summed E-state index contributed by atoms with van der Waals surface area (Å²) in [6.45, 7) is 2.03. The average molecular weight is 278 g/mol. The molecule has 0 heterocycles. The topological polar surface area (TPSA) is 86.7 Å². The fourth-order valence-corrected chi connectivity index (χ4v) is 1.56. The second-order valence-electron chi connectivity index (χ2n) is 4.33. The maximum Gasteiger partial charge on any atom is 0.328 e. The molecule has 0 saturated heterocycles. The lowest BCUT2D eigenvalue weighted by Crippen LogP contribution is -2.40. The predicted octanol–water partition coefficient (Wildman–Crippen LogP) is 1.79. The Morgan fingerprint density at radius 1 is 1.15 bits per heavy atom. The summed E-state index contributed by atoms with van der Waals surface area (Å²) in [6.07, 6.45) is 0.390. The number of rotatable bonds is 5. The first-order valence-corrected chi connectivity index (χ1v) is 6.32. The van der Waals surface area contributed by atoms with Crippen LogP contribution in [-0.4, -0.2) is 30.1 Å². The van der Waals surface area contributed by atoms with Gasteiger partial charge in [0.25, 0.3) is 0 Å². The minimum Gasteiger partial charge on any atom is -0.481 e. The van der Waals surface area contributed by atoms with E-state index in [1.807, 2.05) is 19.1 Å². The molecule has 6 nitrogen and oxygen atoms in total. The monoisotopic (exact) mass is 278 g/mol. The molecular weight excluding hydrogens is 260 g/mol. The number of carboxylic acids is 1. The summed E-state index contributed by atoms with van der Waals surface area (Å²) in [6, 6.07) is 6.82. The Morgan fingerprint density at radius 2 is 1.75 bits per heavy atom. The molecular formula is C14H18N2O4. The van der Waals surface area contributed by atoms with E-state index in [0.29, 0.717) is 5.69 Å². The number of amides is 3. The summed E-state index contributed by atoms with van der Waals surface area (Å²) < 4.78 is 0. The molecule has 2 N–H and O–H groups in total. The van der Waals surface area contributed by atoms with E-state index in [9.17, 15) is 14.4 Å². The largest absolute Gasteiger partial charge is 0.481 e. The summed E-state index contributed by atoms with van der Waals surface area (Å²) in [7, 11) is 1.54. The number of nitrogens with zero attached hydrogens (tertiary/aromatic N) is 1. The minimum atomic E-state index is -1.07. The van der Waals surface area contributed by atoms with Gasteiger partial charge in [0, 0.05) is 19.2 Å². The number of nitrogens with one attached hydrogen (secondary N) is 1. The van der Waals surface area contributed by atoms with Crippen molar-refractivity contribution in [1.29, 1.82) is 0 Å². The molecule has 108 valence electrons. The molecule has 0 bridgehead atoms. The lowest BCUT2D eigenvalue weighted by molar-refractivity contribution is -0.138. The summed E-state index contributed by atoms with van der Waals surface area (Å²) in [5, 5.41) is 10.6. The normalized spacial score (nSPS) is 9.90. The molecule has 0 spiro atoms. The first kappa shape index (κ1) is 15.7. The Kier molecular flexibility index (Phi) is 5.71. The van der Waals surface area contributed by atoms with Crippen molar-refractivity contribution in [2.75, 3.05) is 11.9 Å². The highest BCUT2D eigenvalue weighted by Crippen LogP contribution is 2.14. The number of carbonyl (C=O) groups is 3. The van der Waals surface area contributed by atoms with Crippen LogP contribution in [0.4, 0.5) is 10.5 Å². The van der Waals surface area contributed by atoms with Crippen LogP contribution in [0.15, 0.2) is 24.3 Å². The Hall–Kier alpha value is -2.37. The number of carbonyl (C=O) groups excluding carboxylic acids is 2. The number of urea groups is 1. The predicted molar refractivity (Wildman–Crippen MR) is 74.6 cm³/mol. The van der Waals surface area contributed by atoms with Gasteiger partial charge in [0.2, 0.25) is 5.91 Å². The Morgan fingerprint density at radius 3 is 2.25 bits per heavy atom. The highest BCUT2D eigenvalue weighted by Gasteiger charge is 2.14. The van der Waals surface area contributed by atoms with Crippen molar-refractivity contribution in [3.05, 3.63) is 29.8 Å². The molecule has 6 heteroatoms. The lowest BCUT2D eigenvalue weighted by atomic mass is 10.1. The molecule has 0 aliphatic rings. The van der Waals surface area contributed by atoms with Gasteiger partial charge in [-0.15, -0.1) is 0 Å². The van der Waals surface area contributed by atoms with Gasteiger partial charge in [-0.2, -0.15) is 0 Å². The number of hydrogen-bond acceptors (Lipinski definition) is 3. The van der Waals surface area contributed by atoms with Gasteiger partial charge < -0.3 is 5.11 Å². The quantitative estimate of drug-likeness (QED) is 0.859. The number of aliphatic carboxylic acids is 1. The maximum atomic E-state index is 11.8. The third kappa shape index (κ3) is 4.72. The third-order valence-corrected chi connectivity index (χ3v) is 2.85. The molecule has 0 aliphatic heterocycles. The zero-order chi connectivity index (χ0) is 15.1. The zero-order valence-corrected chi connectivity index (χ0v) is 11.5. The van der Waals surface area contributed by atoms with Crippen LogP contribution in [-0.2, 0) is 16.0 Å². The summed E-state index contributed by atoms with van der Waals surface area (Å²) in [5.74, 6) is -1.68. The Labute approximate surface area is 117 Å². The summed E-state index contributed by atoms with van der Waals surface area (Å²) in [4.78, 5) is 34.8. The molecule has 1 aromatic rings. The lowest BCUT2D eigenvalue weighted by Gasteiger charge is -2.17. The molecule has 0 fully saturated rings. The number of imide groups is 1. The second kappa shape index (κ2) is 7.28. The smallest absolute Gasteiger partial charge is 0.328 e. The van der Waals surface area contributed by atoms with Crippen molar-refractivity contribution in [2.24, 2.45) is 0 Å². The van der Waals surface area contributed by atoms with Crippen molar-refractivity contribution in [1.82, 2.24) is 5.32 Å². The van der Waals surface area contributed by atoms with E-state index in [1.165, 1.54) is 4.90 Å². The zero-order valence-electron chi connectivity index (χ0n) is 11.5. The van der Waals surface area contributed by atoms with Crippen LogP contribution in [0.5, 0.6) is 0 Å². The van der Waals surface area contributed by atoms with Gasteiger partial charge in [-0.1, -0.05) is 19.1 Å². The summed E-state index contributed by atoms with van der Waals surface area (Å²) in [5.41, 5.74) is 1.81. The van der Waals surface area contributed by atoms with Gasteiger partial charge in [0.05, 0.1) is 6.42 Å². The number of aryl methyl sites for hydroxylation is 1. The highest BCUT2D eigenvalue weighted by atomic mass is 16.4. The number of hydrogen-bond donors (Lipinski definition) is 2. The van der Waals surface area contributed by atoms with E-state index < -0.39 is 17.9 Å². The highest BCUT2D eigenvalue weighted by molar-refractivity contribution is 6.02. The average Bonchev–Trinajstić information content (AvgIpc) is 2.44. The molecule has 0 radical (unpaired) electrons. The van der Waals surface area contributed by atoms with Gasteiger partial charge in [-0.05, 0) is 24.1 Å². The van der Waals surface area contributed by atoms with E-state index in [2.05, 4.69) is 5.32 Å². The van der Waals surface area contributed by atoms with Crippen LogP contribution in [0.2, 0.25) is 0 Å². The van der Waals surface area contributed by atoms with Crippen molar-refractivity contribution < 1.29 is 19.5 Å². The van der Waals surface area contributed by atoms with Crippen molar-refractivity contribution >= 4 is 23.6 Å². The van der Waals surface area contributed by atoms with Crippen LogP contribution in [0, 0.1) is 0 Å². The maximum absolute atomic E-state index is 11.8. The van der Waals surface area contributed by atoms with Crippen molar-refractivity contribution in [3.63, 3.8) is 0 Å². The molecule has 3 amide bonds. The van der Waals surface area contributed by atoms with Gasteiger partial charge in [0.1, 0.15) is 0 Å². The molecule has 20 heavy (non-hydrogen) atoms. The minimum absolute atomic E-state index is 0.219. The molecule has 0 saturated carbocycles. The molecule has 0 aromatic heterocycles. The fourth-order valence-electron chi connectivity index (χ4n) is 1.56. The first-order chi connectivity index (χ1) is 9.43. The van der Waals surface area contributed by atoms with Crippen molar-refractivity contribution in [2.45, 2.75) is 26.2 Å². The number of anilines is 1. The van der Waals surface area contributed by atoms with Crippen LogP contribution in [0.3, 0.4) is 0 Å². The van der Waals surface area contributed by atoms with E-state index in [1.54, 1.807) is 19.2 Å². The first-order valence-electron chi connectivity index (χ1n) is 6.32. The van der Waals surface area contributed by atoms with Gasteiger partial charge in [0.15, 0.2) is 0 Å². The molecule has 0 unspecified atom stereocenters. The van der Waals surface area contributed by atoms with E-state index in [0.717, 1.165) is 12.0 Å². The van der Waals surface area contributed by atoms with E-state index >= 15 is 0 Å². The molecule has 0 aliphatic carbocycles. The van der Waals surface area contributed by atoms with E-state index in [4.69, 9.17) is 5.11 Å². The van der Waals surface area contributed by atoms with Crippen LogP contribution < -0.4 is 10.2 Å². The van der Waals surface area contributed by atoms with Gasteiger partial charge >= 0.3 is 12.0 Å². The molecule has 0 atom stereocenters.